The highest BCUT2D eigenvalue weighted by Crippen LogP contribution is 2.24. The molecule has 0 bridgehead atoms. The van der Waals surface area contributed by atoms with Crippen LogP contribution in [-0.2, 0) is 9.59 Å². The second kappa shape index (κ2) is 4.40. The Hall–Kier alpha value is -0.860. The maximum atomic E-state index is 11.3. The Morgan fingerprint density at radius 1 is 1.23 bits per heavy atom. The second-order valence-electron chi connectivity index (χ2n) is 3.74. The topological polar surface area (TPSA) is 46.2 Å². The van der Waals surface area contributed by atoms with Crippen molar-refractivity contribution in [3.63, 3.8) is 0 Å². The lowest BCUT2D eigenvalue weighted by Crippen LogP contribution is -2.22. The van der Waals surface area contributed by atoms with Crippen LogP contribution in [0.2, 0.25) is 0 Å². The van der Waals surface area contributed by atoms with Crippen molar-refractivity contribution in [2.24, 2.45) is 11.8 Å². The van der Waals surface area contributed by atoms with Gasteiger partial charge in [-0.25, -0.2) is 0 Å². The average molecular weight is 183 g/mol. The van der Waals surface area contributed by atoms with Crippen LogP contribution in [0.15, 0.2) is 0 Å². The number of imide groups is 1. The molecule has 0 radical (unpaired) electrons. The molecule has 3 nitrogen and oxygen atoms in total. The maximum Gasteiger partial charge on any atom is 0.230 e. The summed E-state index contributed by atoms with van der Waals surface area (Å²) in [6.07, 6.45) is 4.19. The van der Waals surface area contributed by atoms with Gasteiger partial charge < -0.3 is 0 Å². The summed E-state index contributed by atoms with van der Waals surface area (Å²) in [5.74, 6) is -0.372. The third-order valence-electron chi connectivity index (χ3n) is 2.72. The van der Waals surface area contributed by atoms with Gasteiger partial charge in [0.05, 0.1) is 0 Å². The Morgan fingerprint density at radius 3 is 2.38 bits per heavy atom. The van der Waals surface area contributed by atoms with Gasteiger partial charge in [0.25, 0.3) is 0 Å². The standard InChI is InChI=1S/C10H17NO2/c1-3-4-5-6-8-7(2)9(12)11-10(8)13/h7-8H,3-6H2,1-2H3,(H,11,12,13). The van der Waals surface area contributed by atoms with E-state index in [1.54, 1.807) is 0 Å². The lowest BCUT2D eigenvalue weighted by Gasteiger charge is -2.09. The molecule has 1 fully saturated rings. The minimum atomic E-state index is -0.121. The van der Waals surface area contributed by atoms with Gasteiger partial charge in [0, 0.05) is 11.8 Å². The number of rotatable bonds is 4. The van der Waals surface area contributed by atoms with Crippen LogP contribution in [-0.4, -0.2) is 11.8 Å². The molecular formula is C10H17NO2. The van der Waals surface area contributed by atoms with Gasteiger partial charge in [0.15, 0.2) is 0 Å². The SMILES string of the molecule is CCCCCC1C(=O)NC(=O)C1C. The molecule has 0 aromatic carbocycles. The molecule has 0 aromatic rings. The fraction of sp³-hybridized carbons (Fsp3) is 0.800. The summed E-state index contributed by atoms with van der Waals surface area (Å²) in [5, 5.41) is 2.37. The van der Waals surface area contributed by atoms with Gasteiger partial charge in [-0.05, 0) is 6.42 Å². The molecule has 1 N–H and O–H groups in total. The van der Waals surface area contributed by atoms with Crippen LogP contribution in [0.5, 0.6) is 0 Å². The zero-order valence-electron chi connectivity index (χ0n) is 8.30. The van der Waals surface area contributed by atoms with E-state index < -0.39 is 0 Å². The smallest absolute Gasteiger partial charge is 0.230 e. The predicted molar refractivity (Wildman–Crippen MR) is 49.9 cm³/mol. The molecule has 74 valence electrons. The first-order valence-electron chi connectivity index (χ1n) is 5.01. The molecule has 0 spiro atoms. The highest BCUT2D eigenvalue weighted by atomic mass is 16.2. The first-order valence-corrected chi connectivity index (χ1v) is 5.01. The van der Waals surface area contributed by atoms with E-state index in [9.17, 15) is 9.59 Å². The number of amides is 2. The van der Waals surface area contributed by atoms with Gasteiger partial charge >= 0.3 is 0 Å². The van der Waals surface area contributed by atoms with Gasteiger partial charge in [0.2, 0.25) is 11.8 Å². The third kappa shape index (κ3) is 2.29. The summed E-state index contributed by atoms with van der Waals surface area (Å²) in [7, 11) is 0. The zero-order valence-corrected chi connectivity index (χ0v) is 8.30. The molecule has 0 aliphatic carbocycles. The molecular weight excluding hydrogens is 166 g/mol. The van der Waals surface area contributed by atoms with Crippen molar-refractivity contribution in [2.75, 3.05) is 0 Å². The molecule has 1 rings (SSSR count). The van der Waals surface area contributed by atoms with E-state index >= 15 is 0 Å². The van der Waals surface area contributed by atoms with E-state index in [2.05, 4.69) is 12.2 Å². The Morgan fingerprint density at radius 2 is 1.92 bits per heavy atom. The van der Waals surface area contributed by atoms with Gasteiger partial charge in [0.1, 0.15) is 0 Å². The van der Waals surface area contributed by atoms with Crippen molar-refractivity contribution in [3.8, 4) is 0 Å². The summed E-state index contributed by atoms with van der Waals surface area (Å²) < 4.78 is 0. The van der Waals surface area contributed by atoms with Crippen LogP contribution in [0.3, 0.4) is 0 Å². The lowest BCUT2D eigenvalue weighted by atomic mass is 9.91. The minimum Gasteiger partial charge on any atom is -0.296 e. The molecule has 1 aliphatic heterocycles. The lowest BCUT2D eigenvalue weighted by molar-refractivity contribution is -0.126. The molecule has 2 unspecified atom stereocenters. The van der Waals surface area contributed by atoms with Gasteiger partial charge in [-0.1, -0.05) is 33.1 Å². The molecule has 1 aliphatic rings. The van der Waals surface area contributed by atoms with Crippen molar-refractivity contribution < 1.29 is 9.59 Å². The number of nitrogens with one attached hydrogen (secondary N) is 1. The van der Waals surface area contributed by atoms with E-state index in [0.717, 1.165) is 25.7 Å². The largest absolute Gasteiger partial charge is 0.296 e. The van der Waals surface area contributed by atoms with Crippen molar-refractivity contribution in [2.45, 2.75) is 39.5 Å². The van der Waals surface area contributed by atoms with Gasteiger partial charge in [-0.15, -0.1) is 0 Å². The van der Waals surface area contributed by atoms with E-state index in [1.807, 2.05) is 6.92 Å². The molecule has 0 saturated carbocycles. The quantitative estimate of drug-likeness (QED) is 0.530. The molecule has 13 heavy (non-hydrogen) atoms. The van der Waals surface area contributed by atoms with Crippen LogP contribution in [0, 0.1) is 11.8 Å². The molecule has 1 saturated heterocycles. The summed E-state index contributed by atoms with van der Waals surface area (Å²) in [6.45, 7) is 3.96. The van der Waals surface area contributed by atoms with Crippen LogP contribution in [0.4, 0.5) is 0 Å². The minimum absolute atomic E-state index is 0.0703. The van der Waals surface area contributed by atoms with Crippen molar-refractivity contribution in [1.82, 2.24) is 5.32 Å². The highest BCUT2D eigenvalue weighted by molar-refractivity contribution is 6.04. The Kier molecular flexibility index (Phi) is 3.46. The zero-order chi connectivity index (χ0) is 9.84. The molecule has 3 heteroatoms. The molecule has 2 atom stereocenters. The van der Waals surface area contributed by atoms with Gasteiger partial charge in [-0.3, -0.25) is 14.9 Å². The fourth-order valence-corrected chi connectivity index (χ4v) is 1.73. The summed E-state index contributed by atoms with van der Waals surface area (Å²) in [4.78, 5) is 22.4. The van der Waals surface area contributed by atoms with E-state index in [4.69, 9.17) is 0 Å². The van der Waals surface area contributed by atoms with Crippen LogP contribution in [0.25, 0.3) is 0 Å². The van der Waals surface area contributed by atoms with Gasteiger partial charge in [-0.2, -0.15) is 0 Å². The predicted octanol–water partition coefficient (Wildman–Crippen LogP) is 1.48. The van der Waals surface area contributed by atoms with Crippen molar-refractivity contribution in [1.29, 1.82) is 0 Å². The summed E-state index contributed by atoms with van der Waals surface area (Å²) >= 11 is 0. The van der Waals surface area contributed by atoms with Crippen LogP contribution >= 0.6 is 0 Å². The van der Waals surface area contributed by atoms with Crippen molar-refractivity contribution >= 4 is 11.8 Å². The molecule has 2 amide bonds. The number of carbonyl (C=O) groups is 2. The summed E-state index contributed by atoms with van der Waals surface area (Å²) in [5.41, 5.74) is 0. The second-order valence-corrected chi connectivity index (χ2v) is 3.74. The van der Waals surface area contributed by atoms with E-state index in [-0.39, 0.29) is 23.7 Å². The number of hydrogen-bond acceptors (Lipinski definition) is 2. The Bertz CT molecular complexity index is 213. The average Bonchev–Trinajstić information content (AvgIpc) is 2.32. The molecule has 0 aromatic heterocycles. The van der Waals surface area contributed by atoms with E-state index in [1.165, 1.54) is 0 Å². The summed E-state index contributed by atoms with van der Waals surface area (Å²) in [6, 6.07) is 0. The highest BCUT2D eigenvalue weighted by Gasteiger charge is 2.37. The fourth-order valence-electron chi connectivity index (χ4n) is 1.73. The first-order chi connectivity index (χ1) is 6.16. The number of unbranched alkanes of at least 4 members (excludes halogenated alkanes) is 2. The van der Waals surface area contributed by atoms with Crippen molar-refractivity contribution in [3.05, 3.63) is 0 Å². The first kappa shape index (κ1) is 10.2. The normalized spacial score (nSPS) is 27.8. The van der Waals surface area contributed by atoms with Crippen LogP contribution in [0.1, 0.15) is 39.5 Å². The number of hydrogen-bond donors (Lipinski definition) is 1. The maximum absolute atomic E-state index is 11.3. The number of carbonyl (C=O) groups excluding carboxylic acids is 2. The van der Waals surface area contributed by atoms with Crippen LogP contribution < -0.4 is 5.32 Å². The Labute approximate surface area is 78.9 Å². The molecule has 1 heterocycles. The van der Waals surface area contributed by atoms with E-state index in [0.29, 0.717) is 0 Å². The Balaban J connectivity index is 2.40. The third-order valence-corrected chi connectivity index (χ3v) is 2.72. The monoisotopic (exact) mass is 183 g/mol.